The number of nitrogens with zero attached hydrogens (tertiary/aromatic N) is 3. The van der Waals surface area contributed by atoms with Crippen molar-refractivity contribution in [3.8, 4) is 0 Å². The van der Waals surface area contributed by atoms with Gasteiger partial charge in [0.2, 0.25) is 5.95 Å². The van der Waals surface area contributed by atoms with Crippen molar-refractivity contribution < 1.29 is 5.11 Å². The first kappa shape index (κ1) is 14.1. The second-order valence-corrected chi connectivity index (χ2v) is 6.07. The van der Waals surface area contributed by atoms with E-state index in [0.717, 1.165) is 12.4 Å². The molecule has 0 bridgehead atoms. The number of anilines is 1. The van der Waals surface area contributed by atoms with Crippen LogP contribution in [0.5, 0.6) is 0 Å². The highest BCUT2D eigenvalue weighted by atomic mass is 16.3. The zero-order valence-electron chi connectivity index (χ0n) is 12.7. The molecule has 1 aliphatic heterocycles. The number of hydrogen-bond donors (Lipinski definition) is 2. The van der Waals surface area contributed by atoms with Gasteiger partial charge in [0.25, 0.3) is 0 Å². The normalized spacial score (nSPS) is 21.2. The number of benzene rings is 1. The van der Waals surface area contributed by atoms with Crippen LogP contribution in [0.15, 0.2) is 24.3 Å². The molecule has 2 N–H and O–H groups in total. The molecule has 0 fully saturated rings. The van der Waals surface area contributed by atoms with Crippen molar-refractivity contribution in [1.82, 2.24) is 14.8 Å². The van der Waals surface area contributed by atoms with Crippen molar-refractivity contribution in [2.45, 2.75) is 51.8 Å². The number of hydrogen-bond acceptors (Lipinski definition) is 4. The minimum atomic E-state index is -0.130. The summed E-state index contributed by atoms with van der Waals surface area (Å²) in [6.45, 7) is 6.41. The number of aliphatic hydroxyl groups is 1. The molecule has 3 rings (SSSR count). The summed E-state index contributed by atoms with van der Waals surface area (Å²) in [4.78, 5) is 4.33. The number of nitrogens with one attached hydrogen (secondary N) is 1. The fraction of sp³-hybridized carbons (Fsp3) is 0.500. The van der Waals surface area contributed by atoms with Crippen molar-refractivity contribution in [2.24, 2.45) is 0 Å². The van der Waals surface area contributed by atoms with E-state index in [1.165, 1.54) is 11.1 Å². The summed E-state index contributed by atoms with van der Waals surface area (Å²) in [7, 11) is 0. The summed E-state index contributed by atoms with van der Waals surface area (Å²) < 4.78 is 1.90. The van der Waals surface area contributed by atoms with Gasteiger partial charge in [-0.3, -0.25) is 0 Å². The lowest BCUT2D eigenvalue weighted by Gasteiger charge is -2.29. The molecule has 0 spiro atoms. The van der Waals surface area contributed by atoms with Crippen LogP contribution < -0.4 is 5.32 Å². The molecular weight excluding hydrogens is 264 g/mol. The molecule has 112 valence electrons. The zero-order chi connectivity index (χ0) is 15.0. The molecular formula is C16H22N4O. The minimum absolute atomic E-state index is 0.130. The Morgan fingerprint density at radius 1 is 1.33 bits per heavy atom. The van der Waals surface area contributed by atoms with Crippen molar-refractivity contribution >= 4 is 5.95 Å². The Kier molecular flexibility index (Phi) is 3.68. The molecule has 5 heteroatoms. The molecule has 0 amide bonds. The lowest BCUT2D eigenvalue weighted by atomic mass is 9.95. The van der Waals surface area contributed by atoms with Crippen LogP contribution in [0.3, 0.4) is 0 Å². The fourth-order valence-corrected chi connectivity index (χ4v) is 2.84. The number of aliphatic hydroxyl groups excluding tert-OH is 1. The Balaban J connectivity index is 1.96. The van der Waals surface area contributed by atoms with Crippen LogP contribution in [0.2, 0.25) is 0 Å². The lowest BCUT2D eigenvalue weighted by Crippen LogP contribution is -2.31. The Bertz CT molecular complexity index is 618. The van der Waals surface area contributed by atoms with Crippen LogP contribution in [0.1, 0.15) is 56.1 Å². The van der Waals surface area contributed by atoms with Gasteiger partial charge in [-0.15, -0.1) is 0 Å². The predicted molar refractivity (Wildman–Crippen MR) is 82.3 cm³/mol. The maximum absolute atomic E-state index is 9.24. The topological polar surface area (TPSA) is 63.0 Å². The van der Waals surface area contributed by atoms with E-state index >= 15 is 0 Å². The number of rotatable bonds is 3. The van der Waals surface area contributed by atoms with Gasteiger partial charge in [-0.25, -0.2) is 4.68 Å². The van der Waals surface area contributed by atoms with E-state index in [0.29, 0.717) is 17.8 Å². The molecule has 0 radical (unpaired) electrons. The van der Waals surface area contributed by atoms with Gasteiger partial charge in [-0.1, -0.05) is 38.1 Å². The van der Waals surface area contributed by atoms with E-state index in [1.54, 1.807) is 0 Å². The maximum Gasteiger partial charge on any atom is 0.222 e. The smallest absolute Gasteiger partial charge is 0.222 e. The second-order valence-electron chi connectivity index (χ2n) is 6.07. The Labute approximate surface area is 125 Å². The van der Waals surface area contributed by atoms with Crippen LogP contribution in [0, 0.1) is 0 Å². The zero-order valence-corrected chi connectivity index (χ0v) is 12.7. The van der Waals surface area contributed by atoms with E-state index < -0.39 is 0 Å². The maximum atomic E-state index is 9.24. The van der Waals surface area contributed by atoms with Gasteiger partial charge < -0.3 is 10.4 Å². The van der Waals surface area contributed by atoms with E-state index in [1.807, 2.05) is 4.68 Å². The highest BCUT2D eigenvalue weighted by molar-refractivity contribution is 5.35. The third-order valence-electron chi connectivity index (χ3n) is 4.05. The first-order valence-corrected chi connectivity index (χ1v) is 7.51. The molecule has 2 unspecified atom stereocenters. The third-order valence-corrected chi connectivity index (χ3v) is 4.05. The number of aromatic nitrogens is 3. The fourth-order valence-electron chi connectivity index (χ4n) is 2.84. The van der Waals surface area contributed by atoms with Crippen molar-refractivity contribution in [1.29, 1.82) is 0 Å². The van der Waals surface area contributed by atoms with Crippen LogP contribution in [-0.2, 0) is 6.61 Å². The van der Waals surface area contributed by atoms with Crippen LogP contribution in [-0.4, -0.2) is 25.9 Å². The summed E-state index contributed by atoms with van der Waals surface area (Å²) in [5.74, 6) is 1.75. The van der Waals surface area contributed by atoms with Crippen LogP contribution in [0.25, 0.3) is 0 Å². The first-order chi connectivity index (χ1) is 10.1. The molecule has 0 saturated heterocycles. The summed E-state index contributed by atoms with van der Waals surface area (Å²) in [6, 6.07) is 9.25. The molecule has 2 aromatic rings. The molecule has 1 aromatic heterocycles. The van der Waals surface area contributed by atoms with Gasteiger partial charge in [0.15, 0.2) is 5.82 Å². The molecule has 21 heavy (non-hydrogen) atoms. The van der Waals surface area contributed by atoms with Gasteiger partial charge in [0.1, 0.15) is 6.61 Å². The molecule has 5 nitrogen and oxygen atoms in total. The molecule has 1 aromatic carbocycles. The average molecular weight is 286 g/mol. The SMILES string of the molecule is CC1CC(c2ccc(C(C)C)cc2)n2nc(CO)nc2N1. The van der Waals surface area contributed by atoms with Crippen LogP contribution >= 0.6 is 0 Å². The van der Waals surface area contributed by atoms with Crippen molar-refractivity contribution in [3.05, 3.63) is 41.2 Å². The van der Waals surface area contributed by atoms with Gasteiger partial charge >= 0.3 is 0 Å². The summed E-state index contributed by atoms with van der Waals surface area (Å²) in [5.41, 5.74) is 2.58. The summed E-state index contributed by atoms with van der Waals surface area (Å²) in [5, 5.41) is 17.0. The van der Waals surface area contributed by atoms with Crippen molar-refractivity contribution in [2.75, 3.05) is 5.32 Å². The molecule has 2 heterocycles. The molecule has 2 atom stereocenters. The monoisotopic (exact) mass is 286 g/mol. The van der Waals surface area contributed by atoms with Gasteiger partial charge in [0, 0.05) is 6.04 Å². The molecule has 0 saturated carbocycles. The van der Waals surface area contributed by atoms with Crippen molar-refractivity contribution in [3.63, 3.8) is 0 Å². The molecule has 0 aliphatic carbocycles. The third kappa shape index (κ3) is 2.65. The first-order valence-electron chi connectivity index (χ1n) is 7.51. The van der Waals surface area contributed by atoms with E-state index in [9.17, 15) is 5.11 Å². The summed E-state index contributed by atoms with van der Waals surface area (Å²) >= 11 is 0. The number of fused-ring (bicyclic) bond motifs is 1. The largest absolute Gasteiger partial charge is 0.388 e. The van der Waals surface area contributed by atoms with Crippen LogP contribution in [0.4, 0.5) is 5.95 Å². The Morgan fingerprint density at radius 3 is 2.67 bits per heavy atom. The lowest BCUT2D eigenvalue weighted by molar-refractivity contribution is 0.270. The quantitative estimate of drug-likeness (QED) is 0.910. The van der Waals surface area contributed by atoms with Gasteiger partial charge in [-0.2, -0.15) is 10.1 Å². The van der Waals surface area contributed by atoms with Gasteiger partial charge in [-0.05, 0) is 30.4 Å². The average Bonchev–Trinajstić information content (AvgIpc) is 2.89. The second kappa shape index (κ2) is 5.48. The van der Waals surface area contributed by atoms with Gasteiger partial charge in [0.05, 0.1) is 6.04 Å². The van der Waals surface area contributed by atoms with E-state index in [-0.39, 0.29) is 12.6 Å². The Hall–Kier alpha value is -1.88. The minimum Gasteiger partial charge on any atom is -0.388 e. The van der Waals surface area contributed by atoms with E-state index in [4.69, 9.17) is 0 Å². The van der Waals surface area contributed by atoms with E-state index in [2.05, 4.69) is 60.4 Å². The standard InChI is InChI=1S/C16H22N4O/c1-10(2)12-4-6-13(7-5-12)14-8-11(3)17-16-18-15(9-21)19-20(14)16/h4-7,10-11,14,21H,8-9H2,1-3H3,(H,17,18,19). The highest BCUT2D eigenvalue weighted by Crippen LogP contribution is 2.31. The summed E-state index contributed by atoms with van der Waals surface area (Å²) in [6.07, 6.45) is 0.961. The Morgan fingerprint density at radius 2 is 2.05 bits per heavy atom. The predicted octanol–water partition coefficient (Wildman–Crippen LogP) is 2.69. The highest BCUT2D eigenvalue weighted by Gasteiger charge is 2.28. The molecule has 1 aliphatic rings.